The van der Waals surface area contributed by atoms with Crippen LogP contribution in [0.5, 0.6) is 0 Å². The molecule has 0 bridgehead atoms. The van der Waals surface area contributed by atoms with Crippen LogP contribution in [0.25, 0.3) is 0 Å². The van der Waals surface area contributed by atoms with Crippen molar-refractivity contribution in [2.24, 2.45) is 5.92 Å². The van der Waals surface area contributed by atoms with Crippen LogP contribution in [-0.2, 0) is 9.47 Å². The topological polar surface area (TPSA) is 55.8 Å². The average molecular weight is 288 g/mol. The predicted molar refractivity (Wildman–Crippen MR) is 78.8 cm³/mol. The summed E-state index contributed by atoms with van der Waals surface area (Å²) in [5.41, 5.74) is 0.157. The SMILES string of the molecule is CCOCC(O)(C#Cc1ccc(C(=O)OC)cc1)C1CC1. The maximum Gasteiger partial charge on any atom is 0.337 e. The molecule has 4 heteroatoms. The summed E-state index contributed by atoms with van der Waals surface area (Å²) in [5, 5.41) is 10.6. The van der Waals surface area contributed by atoms with Gasteiger partial charge in [0.2, 0.25) is 0 Å². The van der Waals surface area contributed by atoms with E-state index in [4.69, 9.17) is 4.74 Å². The predicted octanol–water partition coefficient (Wildman–Crippen LogP) is 2.00. The van der Waals surface area contributed by atoms with Crippen molar-refractivity contribution in [3.05, 3.63) is 35.4 Å². The van der Waals surface area contributed by atoms with Crippen molar-refractivity contribution in [2.45, 2.75) is 25.4 Å². The zero-order valence-electron chi connectivity index (χ0n) is 12.4. The van der Waals surface area contributed by atoms with E-state index in [9.17, 15) is 9.90 Å². The second-order valence-electron chi connectivity index (χ2n) is 5.15. The number of hydrogen-bond donors (Lipinski definition) is 1. The number of aliphatic hydroxyl groups is 1. The van der Waals surface area contributed by atoms with E-state index in [2.05, 4.69) is 16.6 Å². The molecule has 1 unspecified atom stereocenters. The highest BCUT2D eigenvalue weighted by atomic mass is 16.5. The molecular formula is C17H20O4. The summed E-state index contributed by atoms with van der Waals surface area (Å²) in [6, 6.07) is 6.81. The minimum Gasteiger partial charge on any atom is -0.465 e. The Kier molecular flexibility index (Phi) is 5.00. The Balaban J connectivity index is 2.11. The molecule has 0 aromatic heterocycles. The lowest BCUT2D eigenvalue weighted by atomic mass is 9.99. The lowest BCUT2D eigenvalue weighted by Crippen LogP contribution is -2.35. The van der Waals surface area contributed by atoms with Gasteiger partial charge in [0.05, 0.1) is 19.3 Å². The monoisotopic (exact) mass is 288 g/mol. The third kappa shape index (κ3) is 4.07. The zero-order valence-corrected chi connectivity index (χ0v) is 12.4. The van der Waals surface area contributed by atoms with Gasteiger partial charge < -0.3 is 14.6 Å². The van der Waals surface area contributed by atoms with Crippen LogP contribution in [0, 0.1) is 17.8 Å². The first-order chi connectivity index (χ1) is 10.1. The fraction of sp³-hybridized carbons (Fsp3) is 0.471. The molecule has 21 heavy (non-hydrogen) atoms. The van der Waals surface area contributed by atoms with Crippen LogP contribution in [0.4, 0.5) is 0 Å². The molecule has 1 atom stereocenters. The van der Waals surface area contributed by atoms with Crippen molar-refractivity contribution in [3.8, 4) is 11.8 Å². The van der Waals surface area contributed by atoms with Crippen LogP contribution >= 0.6 is 0 Å². The minimum absolute atomic E-state index is 0.200. The van der Waals surface area contributed by atoms with Crippen molar-refractivity contribution in [2.75, 3.05) is 20.3 Å². The molecular weight excluding hydrogens is 268 g/mol. The molecule has 4 nitrogen and oxygen atoms in total. The Hall–Kier alpha value is -1.83. The first kappa shape index (κ1) is 15.6. The normalized spacial score (nSPS) is 16.5. The van der Waals surface area contributed by atoms with Crippen LogP contribution in [-0.4, -0.2) is 37.0 Å². The summed E-state index contributed by atoms with van der Waals surface area (Å²) >= 11 is 0. The largest absolute Gasteiger partial charge is 0.465 e. The van der Waals surface area contributed by atoms with E-state index in [1.54, 1.807) is 24.3 Å². The fourth-order valence-corrected chi connectivity index (χ4v) is 2.06. The molecule has 1 aliphatic rings. The van der Waals surface area contributed by atoms with E-state index >= 15 is 0 Å². The van der Waals surface area contributed by atoms with Crippen molar-refractivity contribution in [1.29, 1.82) is 0 Å². The minimum atomic E-state index is -1.07. The zero-order chi connectivity index (χ0) is 15.3. The highest BCUT2D eigenvalue weighted by Crippen LogP contribution is 2.39. The van der Waals surface area contributed by atoms with Crippen molar-refractivity contribution >= 4 is 5.97 Å². The van der Waals surface area contributed by atoms with E-state index in [0.29, 0.717) is 12.2 Å². The van der Waals surface area contributed by atoms with Crippen LogP contribution in [0.3, 0.4) is 0 Å². The first-order valence-electron chi connectivity index (χ1n) is 7.10. The number of esters is 1. The second kappa shape index (κ2) is 6.75. The van der Waals surface area contributed by atoms with Crippen LogP contribution in [0.15, 0.2) is 24.3 Å². The molecule has 0 saturated heterocycles. The lowest BCUT2D eigenvalue weighted by Gasteiger charge is -2.21. The Morgan fingerprint density at radius 1 is 1.38 bits per heavy atom. The Morgan fingerprint density at radius 2 is 2.05 bits per heavy atom. The molecule has 0 aliphatic heterocycles. The summed E-state index contributed by atoms with van der Waals surface area (Å²) in [4.78, 5) is 11.3. The van der Waals surface area contributed by atoms with Crippen LogP contribution in [0.2, 0.25) is 0 Å². The Labute approximate surface area is 125 Å². The second-order valence-corrected chi connectivity index (χ2v) is 5.15. The molecule has 112 valence electrons. The molecule has 0 amide bonds. The molecule has 1 aliphatic carbocycles. The highest BCUT2D eigenvalue weighted by Gasteiger charge is 2.42. The number of ether oxygens (including phenoxy) is 2. The Bertz CT molecular complexity index is 548. The molecule has 0 spiro atoms. The van der Waals surface area contributed by atoms with E-state index < -0.39 is 5.60 Å². The van der Waals surface area contributed by atoms with Gasteiger partial charge in [0, 0.05) is 18.1 Å². The molecule has 1 aromatic rings. The van der Waals surface area contributed by atoms with Crippen molar-refractivity contribution < 1.29 is 19.4 Å². The maximum absolute atomic E-state index is 11.3. The van der Waals surface area contributed by atoms with Gasteiger partial charge in [-0.3, -0.25) is 0 Å². The number of carbonyl (C=O) groups is 1. The van der Waals surface area contributed by atoms with E-state index in [-0.39, 0.29) is 18.5 Å². The summed E-state index contributed by atoms with van der Waals surface area (Å²) < 4.78 is 9.98. The van der Waals surface area contributed by atoms with Gasteiger partial charge >= 0.3 is 5.97 Å². The van der Waals surface area contributed by atoms with E-state index in [1.165, 1.54) is 7.11 Å². The third-order valence-electron chi connectivity index (χ3n) is 3.51. The van der Waals surface area contributed by atoms with Crippen LogP contribution < -0.4 is 0 Å². The van der Waals surface area contributed by atoms with Gasteiger partial charge in [0.1, 0.15) is 0 Å². The number of rotatable bonds is 5. The number of methoxy groups -OCH3 is 1. The fourth-order valence-electron chi connectivity index (χ4n) is 2.06. The Morgan fingerprint density at radius 3 is 2.57 bits per heavy atom. The van der Waals surface area contributed by atoms with Gasteiger partial charge in [0.25, 0.3) is 0 Å². The van der Waals surface area contributed by atoms with Crippen LogP contribution in [0.1, 0.15) is 35.7 Å². The number of benzene rings is 1. The summed E-state index contributed by atoms with van der Waals surface area (Å²) in [5.74, 6) is 5.73. The summed E-state index contributed by atoms with van der Waals surface area (Å²) in [7, 11) is 1.35. The molecule has 2 rings (SSSR count). The van der Waals surface area contributed by atoms with Gasteiger partial charge in [-0.15, -0.1) is 0 Å². The lowest BCUT2D eigenvalue weighted by molar-refractivity contribution is -0.0169. The standard InChI is InChI=1S/C17H20O4/c1-3-21-12-17(19,15-8-9-15)11-10-13-4-6-14(7-5-13)16(18)20-2/h4-7,15,19H,3,8-9,12H2,1-2H3. The molecule has 0 radical (unpaired) electrons. The molecule has 1 saturated carbocycles. The van der Waals surface area contributed by atoms with Gasteiger partial charge in [-0.05, 0) is 44.0 Å². The number of carbonyl (C=O) groups excluding carboxylic acids is 1. The molecule has 1 aromatic carbocycles. The van der Waals surface area contributed by atoms with Gasteiger partial charge in [-0.25, -0.2) is 4.79 Å². The smallest absolute Gasteiger partial charge is 0.337 e. The average Bonchev–Trinajstić information content (AvgIpc) is 3.36. The maximum atomic E-state index is 11.3. The first-order valence-corrected chi connectivity index (χ1v) is 7.10. The summed E-state index contributed by atoms with van der Waals surface area (Å²) in [6.45, 7) is 2.69. The number of hydrogen-bond acceptors (Lipinski definition) is 4. The van der Waals surface area contributed by atoms with Crippen molar-refractivity contribution in [3.63, 3.8) is 0 Å². The quantitative estimate of drug-likeness (QED) is 0.665. The van der Waals surface area contributed by atoms with Gasteiger partial charge in [-0.2, -0.15) is 0 Å². The van der Waals surface area contributed by atoms with Crippen molar-refractivity contribution in [1.82, 2.24) is 0 Å². The summed E-state index contributed by atoms with van der Waals surface area (Å²) in [6.07, 6.45) is 1.97. The molecule has 1 fully saturated rings. The van der Waals surface area contributed by atoms with E-state index in [1.807, 2.05) is 6.92 Å². The third-order valence-corrected chi connectivity index (χ3v) is 3.51. The van der Waals surface area contributed by atoms with Gasteiger partial charge in [-0.1, -0.05) is 11.8 Å². The highest BCUT2D eigenvalue weighted by molar-refractivity contribution is 5.89. The van der Waals surface area contributed by atoms with Gasteiger partial charge in [0.15, 0.2) is 5.60 Å². The molecule has 0 heterocycles. The van der Waals surface area contributed by atoms with E-state index in [0.717, 1.165) is 18.4 Å². The molecule has 1 N–H and O–H groups in total.